The maximum absolute atomic E-state index is 12.8. The normalized spacial score (nSPS) is 12.4. The first-order chi connectivity index (χ1) is 14.2. The van der Waals surface area contributed by atoms with Gasteiger partial charge in [-0.15, -0.1) is 0 Å². The quantitative estimate of drug-likeness (QED) is 0.472. The fourth-order valence-corrected chi connectivity index (χ4v) is 3.00. The summed E-state index contributed by atoms with van der Waals surface area (Å²) >= 11 is 9.21. The van der Waals surface area contributed by atoms with Crippen molar-refractivity contribution in [3.8, 4) is 0 Å². The highest BCUT2D eigenvalue weighted by molar-refractivity contribution is 9.10. The molecule has 8 heteroatoms. The minimum Gasteiger partial charge on any atom is -0.480 e. The number of aliphatic carboxylic acids is 1. The Morgan fingerprint density at radius 3 is 2.20 bits per heavy atom. The predicted octanol–water partition coefficient (Wildman–Crippen LogP) is 4.49. The summed E-state index contributed by atoms with van der Waals surface area (Å²) in [6.07, 6.45) is 1.73. The van der Waals surface area contributed by atoms with Crippen LogP contribution in [0.3, 0.4) is 0 Å². The summed E-state index contributed by atoms with van der Waals surface area (Å²) in [5.74, 6) is -2.26. The number of carbonyl (C=O) groups excluding carboxylic acids is 2. The number of nitrogens with one attached hydrogen (secondary N) is 2. The van der Waals surface area contributed by atoms with Crippen molar-refractivity contribution in [2.75, 3.05) is 0 Å². The number of amides is 2. The van der Waals surface area contributed by atoms with Crippen molar-refractivity contribution in [1.82, 2.24) is 10.6 Å². The maximum atomic E-state index is 12.8. The summed E-state index contributed by atoms with van der Waals surface area (Å²) in [5, 5.41) is 15.0. The number of rotatable bonds is 8. The van der Waals surface area contributed by atoms with Crippen LogP contribution in [0.2, 0.25) is 5.02 Å². The number of hydrogen-bond acceptors (Lipinski definition) is 3. The van der Waals surface area contributed by atoms with E-state index in [0.29, 0.717) is 16.1 Å². The maximum Gasteiger partial charge on any atom is 0.326 e. The largest absolute Gasteiger partial charge is 0.480 e. The Balaban J connectivity index is 2.31. The van der Waals surface area contributed by atoms with Crippen LogP contribution in [0.1, 0.15) is 36.2 Å². The van der Waals surface area contributed by atoms with Gasteiger partial charge in [-0.2, -0.15) is 0 Å². The molecular formula is C22H22BrClN2O4. The van der Waals surface area contributed by atoms with Crippen LogP contribution in [0, 0.1) is 5.92 Å². The fourth-order valence-electron chi connectivity index (χ4n) is 2.61. The molecule has 0 unspecified atom stereocenters. The van der Waals surface area contributed by atoms with Gasteiger partial charge >= 0.3 is 5.97 Å². The van der Waals surface area contributed by atoms with Crippen LogP contribution in [0.15, 0.2) is 58.7 Å². The second-order valence-corrected chi connectivity index (χ2v) is 8.42. The van der Waals surface area contributed by atoms with Crippen molar-refractivity contribution >= 4 is 51.4 Å². The first kappa shape index (κ1) is 23.6. The van der Waals surface area contributed by atoms with Crippen LogP contribution >= 0.6 is 27.5 Å². The molecule has 0 aliphatic heterocycles. The lowest BCUT2D eigenvalue weighted by atomic mass is 10.0. The van der Waals surface area contributed by atoms with E-state index in [-0.39, 0.29) is 18.0 Å². The predicted molar refractivity (Wildman–Crippen MR) is 120 cm³/mol. The van der Waals surface area contributed by atoms with Crippen LogP contribution in [0.25, 0.3) is 6.08 Å². The summed E-state index contributed by atoms with van der Waals surface area (Å²) in [7, 11) is 0. The summed E-state index contributed by atoms with van der Waals surface area (Å²) in [4.78, 5) is 37.0. The van der Waals surface area contributed by atoms with Crippen LogP contribution in [-0.4, -0.2) is 28.9 Å². The first-order valence-electron chi connectivity index (χ1n) is 9.23. The van der Waals surface area contributed by atoms with Gasteiger partial charge in [0.15, 0.2) is 0 Å². The van der Waals surface area contributed by atoms with Gasteiger partial charge in [-0.05, 0) is 60.4 Å². The van der Waals surface area contributed by atoms with Crippen LogP contribution < -0.4 is 10.6 Å². The van der Waals surface area contributed by atoms with E-state index in [9.17, 15) is 19.5 Å². The number of carboxylic acid groups (broad SMARTS) is 1. The highest BCUT2D eigenvalue weighted by Gasteiger charge is 2.24. The third-order valence-corrected chi connectivity index (χ3v) is 4.87. The molecule has 1 atom stereocenters. The van der Waals surface area contributed by atoms with Gasteiger partial charge in [0.05, 0.1) is 0 Å². The summed E-state index contributed by atoms with van der Waals surface area (Å²) < 4.78 is 0.812. The number of carboxylic acids is 1. The Morgan fingerprint density at radius 1 is 1.07 bits per heavy atom. The SMILES string of the molecule is CC(C)C[C@@H](NC(=O)/C(=C/c1ccc(Cl)cc1)NC(=O)c1ccc(Br)cc1)C(=O)O. The lowest BCUT2D eigenvalue weighted by Crippen LogP contribution is -2.45. The van der Waals surface area contributed by atoms with E-state index in [0.717, 1.165) is 4.47 Å². The van der Waals surface area contributed by atoms with Gasteiger partial charge in [0.2, 0.25) is 0 Å². The zero-order valence-electron chi connectivity index (χ0n) is 16.5. The average molecular weight is 494 g/mol. The van der Waals surface area contributed by atoms with Gasteiger partial charge in [-0.3, -0.25) is 9.59 Å². The molecule has 0 bridgehead atoms. The van der Waals surface area contributed by atoms with Crippen LogP contribution in [0.4, 0.5) is 0 Å². The molecule has 30 heavy (non-hydrogen) atoms. The number of halogens is 2. The van der Waals surface area contributed by atoms with Gasteiger partial charge in [0.25, 0.3) is 11.8 Å². The molecular weight excluding hydrogens is 472 g/mol. The Labute approximate surface area is 188 Å². The molecule has 0 aliphatic carbocycles. The highest BCUT2D eigenvalue weighted by atomic mass is 79.9. The zero-order chi connectivity index (χ0) is 22.3. The van der Waals surface area contributed by atoms with Crippen molar-refractivity contribution in [3.63, 3.8) is 0 Å². The van der Waals surface area contributed by atoms with Crippen LogP contribution in [-0.2, 0) is 9.59 Å². The third-order valence-electron chi connectivity index (χ3n) is 4.09. The number of carbonyl (C=O) groups is 3. The molecule has 0 saturated heterocycles. The summed E-state index contributed by atoms with van der Waals surface area (Å²) in [5.41, 5.74) is 0.904. The van der Waals surface area contributed by atoms with E-state index >= 15 is 0 Å². The van der Waals surface area contributed by atoms with Gasteiger partial charge in [-0.25, -0.2) is 4.79 Å². The summed E-state index contributed by atoms with van der Waals surface area (Å²) in [6.45, 7) is 3.73. The molecule has 0 heterocycles. The van der Waals surface area contributed by atoms with Gasteiger partial charge in [0.1, 0.15) is 11.7 Å². The smallest absolute Gasteiger partial charge is 0.326 e. The van der Waals surface area contributed by atoms with E-state index in [1.807, 2.05) is 13.8 Å². The molecule has 2 aromatic rings. The second kappa shape index (κ2) is 10.9. The Bertz CT molecular complexity index is 941. The monoisotopic (exact) mass is 492 g/mol. The molecule has 6 nitrogen and oxygen atoms in total. The van der Waals surface area contributed by atoms with E-state index in [4.69, 9.17) is 11.6 Å². The molecule has 0 radical (unpaired) electrons. The Hall–Kier alpha value is -2.64. The molecule has 0 aliphatic rings. The molecule has 0 saturated carbocycles. The Morgan fingerprint density at radius 2 is 1.67 bits per heavy atom. The molecule has 0 fully saturated rings. The third kappa shape index (κ3) is 7.31. The van der Waals surface area contributed by atoms with E-state index in [1.54, 1.807) is 48.5 Å². The zero-order valence-corrected chi connectivity index (χ0v) is 18.8. The lowest BCUT2D eigenvalue weighted by molar-refractivity contribution is -0.141. The molecule has 0 aromatic heterocycles. The van der Waals surface area contributed by atoms with Crippen molar-refractivity contribution in [2.45, 2.75) is 26.3 Å². The van der Waals surface area contributed by atoms with Crippen molar-refractivity contribution in [3.05, 3.63) is 74.9 Å². The highest BCUT2D eigenvalue weighted by Crippen LogP contribution is 2.14. The first-order valence-corrected chi connectivity index (χ1v) is 10.4. The van der Waals surface area contributed by atoms with Gasteiger partial charge in [-0.1, -0.05) is 53.5 Å². The fraction of sp³-hybridized carbons (Fsp3) is 0.227. The van der Waals surface area contributed by atoms with Crippen LogP contribution in [0.5, 0.6) is 0 Å². The van der Waals surface area contributed by atoms with Gasteiger partial charge < -0.3 is 15.7 Å². The average Bonchev–Trinajstić information content (AvgIpc) is 2.68. The van der Waals surface area contributed by atoms with Crippen molar-refractivity contribution in [1.29, 1.82) is 0 Å². The molecule has 158 valence electrons. The molecule has 0 spiro atoms. The summed E-state index contributed by atoms with van der Waals surface area (Å²) in [6, 6.07) is 12.2. The van der Waals surface area contributed by atoms with Gasteiger partial charge in [0, 0.05) is 15.1 Å². The minimum atomic E-state index is -1.14. The topological polar surface area (TPSA) is 95.5 Å². The number of benzene rings is 2. The van der Waals surface area contributed by atoms with Crippen molar-refractivity contribution < 1.29 is 19.5 Å². The molecule has 3 N–H and O–H groups in total. The Kier molecular flexibility index (Phi) is 8.62. The van der Waals surface area contributed by atoms with E-state index in [2.05, 4.69) is 26.6 Å². The molecule has 2 rings (SSSR count). The minimum absolute atomic E-state index is 0.0625. The second-order valence-electron chi connectivity index (χ2n) is 7.06. The standard InChI is InChI=1S/C22H22BrClN2O4/c1-13(2)11-19(22(29)30)26-21(28)18(12-14-3-9-17(24)10-4-14)25-20(27)15-5-7-16(23)8-6-15/h3-10,12-13,19H,11H2,1-2H3,(H,25,27)(H,26,28)(H,29,30)/b18-12-/t19-/m1/s1. The van der Waals surface area contributed by atoms with E-state index in [1.165, 1.54) is 6.08 Å². The molecule has 2 aromatic carbocycles. The number of hydrogen-bond donors (Lipinski definition) is 3. The van der Waals surface area contributed by atoms with E-state index < -0.39 is 23.8 Å². The van der Waals surface area contributed by atoms with Crippen molar-refractivity contribution in [2.24, 2.45) is 5.92 Å². The lowest BCUT2D eigenvalue weighted by Gasteiger charge is -2.18. The molecule has 2 amide bonds.